The third kappa shape index (κ3) is 6.46. The standard InChI is InChI=1S/C26H25ClN4O5S/c1-36-20-4-2-3-19(15-20)29-23(33)16-31-21-11-14-37-24(21)25(34)30(26(31)35)13-10-22(32)28-12-9-17-5-7-18(27)8-6-17/h2-8,11,14-15H,9-10,12-13,16H2,1H3,(H,28,32)(H,29,33). The van der Waals surface area contributed by atoms with Gasteiger partial charge in [0.05, 0.1) is 12.6 Å². The van der Waals surface area contributed by atoms with Gasteiger partial charge in [0.2, 0.25) is 11.8 Å². The van der Waals surface area contributed by atoms with E-state index in [0.717, 1.165) is 10.1 Å². The SMILES string of the molecule is COc1cccc(NC(=O)Cn2c(=O)n(CCC(=O)NCCc3ccc(Cl)cc3)c(=O)c3sccc32)c1. The Morgan fingerprint density at radius 1 is 1.03 bits per heavy atom. The lowest BCUT2D eigenvalue weighted by atomic mass is 10.1. The fourth-order valence-corrected chi connectivity index (χ4v) is 4.80. The smallest absolute Gasteiger partial charge is 0.332 e. The highest BCUT2D eigenvalue weighted by molar-refractivity contribution is 7.17. The van der Waals surface area contributed by atoms with Gasteiger partial charge in [-0.05, 0) is 47.7 Å². The Labute approximate surface area is 221 Å². The van der Waals surface area contributed by atoms with Crippen LogP contribution < -0.4 is 26.6 Å². The minimum absolute atomic E-state index is 0.0529. The molecule has 2 aromatic heterocycles. The van der Waals surface area contributed by atoms with E-state index < -0.39 is 17.2 Å². The number of amides is 2. The first-order valence-electron chi connectivity index (χ1n) is 11.5. The highest BCUT2D eigenvalue weighted by Gasteiger charge is 2.17. The van der Waals surface area contributed by atoms with E-state index in [2.05, 4.69) is 10.6 Å². The first-order chi connectivity index (χ1) is 17.9. The molecular weight excluding hydrogens is 516 g/mol. The summed E-state index contributed by atoms with van der Waals surface area (Å²) in [5.41, 5.74) is 0.797. The molecule has 192 valence electrons. The molecule has 2 amide bonds. The van der Waals surface area contributed by atoms with Crippen molar-refractivity contribution in [3.8, 4) is 5.75 Å². The lowest BCUT2D eigenvalue weighted by molar-refractivity contribution is -0.121. The fraction of sp³-hybridized carbons (Fsp3) is 0.231. The van der Waals surface area contributed by atoms with E-state index in [-0.39, 0.29) is 25.4 Å². The highest BCUT2D eigenvalue weighted by Crippen LogP contribution is 2.18. The number of hydrogen-bond acceptors (Lipinski definition) is 6. The van der Waals surface area contributed by atoms with Gasteiger partial charge in [-0.15, -0.1) is 11.3 Å². The predicted molar refractivity (Wildman–Crippen MR) is 145 cm³/mol. The summed E-state index contributed by atoms with van der Waals surface area (Å²) in [4.78, 5) is 51.3. The van der Waals surface area contributed by atoms with E-state index in [9.17, 15) is 19.2 Å². The quantitative estimate of drug-likeness (QED) is 0.321. The molecular formula is C26H25ClN4O5S. The maximum atomic E-state index is 13.2. The Morgan fingerprint density at radius 3 is 2.57 bits per heavy atom. The van der Waals surface area contributed by atoms with Gasteiger partial charge in [0.1, 0.15) is 17.0 Å². The maximum absolute atomic E-state index is 13.2. The zero-order valence-corrected chi connectivity index (χ0v) is 21.6. The van der Waals surface area contributed by atoms with Gasteiger partial charge in [-0.2, -0.15) is 0 Å². The maximum Gasteiger partial charge on any atom is 0.332 e. The third-order valence-corrected chi connectivity index (χ3v) is 6.85. The van der Waals surface area contributed by atoms with Crippen LogP contribution in [0.4, 0.5) is 5.69 Å². The highest BCUT2D eigenvalue weighted by atomic mass is 35.5. The Morgan fingerprint density at radius 2 is 1.81 bits per heavy atom. The van der Waals surface area contributed by atoms with Gasteiger partial charge in [-0.1, -0.05) is 29.8 Å². The van der Waals surface area contributed by atoms with Gasteiger partial charge >= 0.3 is 5.69 Å². The van der Waals surface area contributed by atoms with E-state index in [0.29, 0.717) is 39.6 Å². The zero-order valence-electron chi connectivity index (χ0n) is 20.0. The monoisotopic (exact) mass is 540 g/mol. The summed E-state index contributed by atoms with van der Waals surface area (Å²) in [5.74, 6) is -0.142. The van der Waals surface area contributed by atoms with Crippen LogP contribution >= 0.6 is 22.9 Å². The number of anilines is 1. The summed E-state index contributed by atoms with van der Waals surface area (Å²) in [5, 5.41) is 7.88. The molecule has 2 heterocycles. The lowest BCUT2D eigenvalue weighted by Gasteiger charge is -2.13. The molecule has 2 aromatic carbocycles. The minimum Gasteiger partial charge on any atom is -0.497 e. The van der Waals surface area contributed by atoms with Crippen molar-refractivity contribution in [2.45, 2.75) is 25.9 Å². The van der Waals surface area contributed by atoms with Gasteiger partial charge < -0.3 is 15.4 Å². The summed E-state index contributed by atoms with van der Waals surface area (Å²) >= 11 is 7.07. The van der Waals surface area contributed by atoms with Crippen LogP contribution in [0, 0.1) is 0 Å². The summed E-state index contributed by atoms with van der Waals surface area (Å²) in [7, 11) is 1.52. The van der Waals surface area contributed by atoms with E-state index >= 15 is 0 Å². The van der Waals surface area contributed by atoms with Gasteiger partial charge in [-0.3, -0.25) is 23.5 Å². The second-order valence-electron chi connectivity index (χ2n) is 8.22. The summed E-state index contributed by atoms with van der Waals surface area (Å²) in [6, 6.07) is 15.8. The minimum atomic E-state index is -0.648. The van der Waals surface area contributed by atoms with Crippen LogP contribution in [0.15, 0.2) is 69.6 Å². The Kier molecular flexibility index (Phi) is 8.42. The van der Waals surface area contributed by atoms with Crippen molar-refractivity contribution in [3.05, 3.63) is 91.4 Å². The molecule has 0 saturated carbocycles. The van der Waals surface area contributed by atoms with Crippen molar-refractivity contribution in [2.75, 3.05) is 19.0 Å². The fourth-order valence-electron chi connectivity index (χ4n) is 3.83. The van der Waals surface area contributed by atoms with Crippen molar-refractivity contribution in [1.29, 1.82) is 0 Å². The summed E-state index contributed by atoms with van der Waals surface area (Å²) < 4.78 is 7.77. The number of ether oxygens (including phenoxy) is 1. The molecule has 0 aliphatic rings. The molecule has 0 atom stereocenters. The second kappa shape index (κ2) is 11.9. The van der Waals surface area contributed by atoms with Crippen LogP contribution in [0.3, 0.4) is 0 Å². The molecule has 0 aliphatic heterocycles. The number of hydrogen-bond donors (Lipinski definition) is 2. The molecule has 4 aromatic rings. The van der Waals surface area contributed by atoms with Crippen LogP contribution in [0.1, 0.15) is 12.0 Å². The van der Waals surface area contributed by atoms with Crippen molar-refractivity contribution >= 4 is 50.7 Å². The normalized spacial score (nSPS) is 10.9. The van der Waals surface area contributed by atoms with Gasteiger partial charge in [0, 0.05) is 36.3 Å². The van der Waals surface area contributed by atoms with Crippen LogP contribution in [0.25, 0.3) is 10.2 Å². The molecule has 9 nitrogen and oxygen atoms in total. The third-order valence-electron chi connectivity index (χ3n) is 5.70. The Bertz CT molecular complexity index is 1540. The molecule has 0 saturated heterocycles. The average Bonchev–Trinajstić information content (AvgIpc) is 3.38. The van der Waals surface area contributed by atoms with Crippen molar-refractivity contribution in [2.24, 2.45) is 0 Å². The number of rotatable bonds is 10. The van der Waals surface area contributed by atoms with E-state index in [4.69, 9.17) is 16.3 Å². The average molecular weight is 541 g/mol. The van der Waals surface area contributed by atoms with Crippen LogP contribution in [-0.4, -0.2) is 34.6 Å². The molecule has 0 aliphatic carbocycles. The van der Waals surface area contributed by atoms with Crippen molar-refractivity contribution in [3.63, 3.8) is 0 Å². The number of carbonyl (C=O) groups is 2. The van der Waals surface area contributed by atoms with E-state index in [1.165, 1.54) is 23.0 Å². The number of thiophene rings is 1. The first-order valence-corrected chi connectivity index (χ1v) is 12.8. The van der Waals surface area contributed by atoms with Gasteiger partial charge in [-0.25, -0.2) is 4.79 Å². The topological polar surface area (TPSA) is 111 Å². The summed E-state index contributed by atoms with van der Waals surface area (Å²) in [6.45, 7) is 0.0145. The largest absolute Gasteiger partial charge is 0.497 e. The molecule has 37 heavy (non-hydrogen) atoms. The molecule has 4 rings (SSSR count). The van der Waals surface area contributed by atoms with Gasteiger partial charge in [0.25, 0.3) is 5.56 Å². The lowest BCUT2D eigenvalue weighted by Crippen LogP contribution is -2.42. The van der Waals surface area contributed by atoms with Crippen molar-refractivity contribution < 1.29 is 14.3 Å². The Balaban J connectivity index is 1.44. The molecule has 11 heteroatoms. The molecule has 0 bridgehead atoms. The number of nitrogens with zero attached hydrogens (tertiary/aromatic N) is 2. The zero-order chi connectivity index (χ0) is 26.4. The van der Waals surface area contributed by atoms with Crippen LogP contribution in [0.2, 0.25) is 5.02 Å². The molecule has 0 fully saturated rings. The van der Waals surface area contributed by atoms with E-state index in [1.54, 1.807) is 47.8 Å². The molecule has 0 radical (unpaired) electrons. The molecule has 0 spiro atoms. The number of fused-ring (bicyclic) bond motifs is 1. The summed E-state index contributed by atoms with van der Waals surface area (Å²) in [6.07, 6.45) is 0.571. The number of methoxy groups -OCH3 is 1. The number of benzene rings is 2. The van der Waals surface area contributed by atoms with Gasteiger partial charge in [0.15, 0.2) is 0 Å². The number of carbonyl (C=O) groups excluding carboxylic acids is 2. The molecule has 2 N–H and O–H groups in total. The van der Waals surface area contributed by atoms with Crippen LogP contribution in [0.5, 0.6) is 5.75 Å². The number of aromatic nitrogens is 2. The number of halogens is 1. The van der Waals surface area contributed by atoms with Crippen molar-refractivity contribution in [1.82, 2.24) is 14.5 Å². The predicted octanol–water partition coefficient (Wildman–Crippen LogP) is 3.27. The first kappa shape index (κ1) is 26.2. The molecule has 0 unspecified atom stereocenters. The Hall–Kier alpha value is -3.89. The van der Waals surface area contributed by atoms with E-state index in [1.807, 2.05) is 12.1 Å². The number of nitrogens with one attached hydrogen (secondary N) is 2. The second-order valence-corrected chi connectivity index (χ2v) is 9.57. The van der Waals surface area contributed by atoms with Crippen LogP contribution in [-0.2, 0) is 29.1 Å².